The van der Waals surface area contributed by atoms with Crippen LogP contribution in [0.1, 0.15) is 16.8 Å². The Morgan fingerprint density at radius 3 is 2.28 bits per heavy atom. The molecule has 3 aromatic rings. The van der Waals surface area contributed by atoms with E-state index in [1.165, 1.54) is 25.4 Å². The molecular weight excluding hydrogens is 336 g/mol. The lowest BCUT2D eigenvalue weighted by Gasteiger charge is -2.11. The first-order valence-electron chi connectivity index (χ1n) is 7.41. The van der Waals surface area contributed by atoms with Crippen LogP contribution in [0, 0.1) is 5.82 Å². The average molecular weight is 350 g/mol. The molecule has 3 nitrogen and oxygen atoms in total. The number of hydrogen-bond acceptors (Lipinski definition) is 2. The molecule has 0 amide bonds. The van der Waals surface area contributed by atoms with Crippen molar-refractivity contribution in [1.82, 2.24) is 9.78 Å². The van der Waals surface area contributed by atoms with Gasteiger partial charge in [-0.3, -0.25) is 0 Å². The highest BCUT2D eigenvalue weighted by Crippen LogP contribution is 2.30. The molecule has 0 saturated heterocycles. The molecule has 0 N–H and O–H groups in total. The van der Waals surface area contributed by atoms with Gasteiger partial charge in [-0.05, 0) is 47.9 Å². The van der Waals surface area contributed by atoms with Crippen LogP contribution < -0.4 is 4.74 Å². The average Bonchev–Trinajstić information content (AvgIpc) is 3.07. The van der Waals surface area contributed by atoms with E-state index in [1.54, 1.807) is 30.3 Å². The van der Waals surface area contributed by atoms with Gasteiger partial charge < -0.3 is 4.74 Å². The summed E-state index contributed by atoms with van der Waals surface area (Å²) < 4.78 is 57.6. The topological polar surface area (TPSA) is 27.1 Å². The van der Waals surface area contributed by atoms with E-state index in [4.69, 9.17) is 4.74 Å². The summed E-state index contributed by atoms with van der Waals surface area (Å²) in [5.41, 5.74) is 1.15. The van der Waals surface area contributed by atoms with Crippen LogP contribution >= 0.6 is 0 Å². The van der Waals surface area contributed by atoms with Gasteiger partial charge in [-0.1, -0.05) is 18.2 Å². The second-order valence-corrected chi connectivity index (χ2v) is 5.45. The number of benzene rings is 2. The molecule has 0 atom stereocenters. The maximum Gasteiger partial charge on any atom is 0.435 e. The molecule has 0 spiro atoms. The SMILES string of the molecule is COc1ccc(Cc2ccc(F)cc2)cc1-n1ccc(C(F)(F)F)n1. The van der Waals surface area contributed by atoms with E-state index >= 15 is 0 Å². The van der Waals surface area contributed by atoms with E-state index in [2.05, 4.69) is 5.10 Å². The molecule has 25 heavy (non-hydrogen) atoms. The Balaban J connectivity index is 1.95. The first-order valence-corrected chi connectivity index (χ1v) is 7.41. The number of aromatic nitrogens is 2. The molecule has 0 radical (unpaired) electrons. The third kappa shape index (κ3) is 3.81. The summed E-state index contributed by atoms with van der Waals surface area (Å²) in [6.45, 7) is 0. The summed E-state index contributed by atoms with van der Waals surface area (Å²) >= 11 is 0. The van der Waals surface area contributed by atoms with Crippen LogP contribution in [0.3, 0.4) is 0 Å². The molecule has 2 aromatic carbocycles. The largest absolute Gasteiger partial charge is 0.494 e. The summed E-state index contributed by atoms with van der Waals surface area (Å²) in [4.78, 5) is 0. The molecule has 0 aliphatic heterocycles. The lowest BCUT2D eigenvalue weighted by molar-refractivity contribution is -0.141. The second kappa shape index (κ2) is 6.58. The predicted octanol–water partition coefficient (Wildman–Crippen LogP) is 4.63. The van der Waals surface area contributed by atoms with Crippen LogP contribution in [-0.2, 0) is 12.6 Å². The molecule has 130 valence electrons. The number of nitrogens with zero attached hydrogens (tertiary/aromatic N) is 2. The summed E-state index contributed by atoms with van der Waals surface area (Å²) in [7, 11) is 1.44. The van der Waals surface area contributed by atoms with Crippen molar-refractivity contribution in [2.75, 3.05) is 7.11 Å². The normalized spacial score (nSPS) is 11.6. The molecule has 0 aliphatic rings. The maximum atomic E-state index is 13.0. The summed E-state index contributed by atoms with van der Waals surface area (Å²) in [6.07, 6.45) is -2.77. The summed E-state index contributed by atoms with van der Waals surface area (Å²) in [6, 6.07) is 12.1. The smallest absolute Gasteiger partial charge is 0.435 e. The molecule has 0 unspecified atom stereocenters. The van der Waals surface area contributed by atoms with Crippen molar-refractivity contribution in [1.29, 1.82) is 0 Å². The van der Waals surface area contributed by atoms with Crippen molar-refractivity contribution in [2.24, 2.45) is 0 Å². The Morgan fingerprint density at radius 2 is 1.68 bits per heavy atom. The van der Waals surface area contributed by atoms with Gasteiger partial charge in [0.1, 0.15) is 17.3 Å². The zero-order valence-corrected chi connectivity index (χ0v) is 13.2. The van der Waals surface area contributed by atoms with Crippen molar-refractivity contribution >= 4 is 0 Å². The van der Waals surface area contributed by atoms with Crippen molar-refractivity contribution in [3.63, 3.8) is 0 Å². The van der Waals surface area contributed by atoms with E-state index < -0.39 is 11.9 Å². The second-order valence-electron chi connectivity index (χ2n) is 5.45. The van der Waals surface area contributed by atoms with Crippen LogP contribution in [0.5, 0.6) is 5.75 Å². The van der Waals surface area contributed by atoms with E-state index in [0.29, 0.717) is 17.9 Å². The lowest BCUT2D eigenvalue weighted by Crippen LogP contribution is -2.08. The highest BCUT2D eigenvalue weighted by molar-refractivity contribution is 5.49. The van der Waals surface area contributed by atoms with Crippen LogP contribution in [0.25, 0.3) is 5.69 Å². The highest BCUT2D eigenvalue weighted by Gasteiger charge is 2.33. The third-order valence-corrected chi connectivity index (χ3v) is 3.69. The third-order valence-electron chi connectivity index (χ3n) is 3.69. The fourth-order valence-electron chi connectivity index (χ4n) is 2.47. The number of rotatable bonds is 4. The molecule has 1 aromatic heterocycles. The minimum absolute atomic E-state index is 0.324. The molecule has 0 aliphatic carbocycles. The number of halogens is 4. The number of ether oxygens (including phenoxy) is 1. The van der Waals surface area contributed by atoms with Gasteiger partial charge in [0.05, 0.1) is 7.11 Å². The number of alkyl halides is 3. The molecule has 0 fully saturated rings. The van der Waals surface area contributed by atoms with E-state index in [0.717, 1.165) is 21.9 Å². The van der Waals surface area contributed by atoms with Gasteiger partial charge in [0.25, 0.3) is 0 Å². The number of methoxy groups -OCH3 is 1. The van der Waals surface area contributed by atoms with Gasteiger partial charge in [-0.15, -0.1) is 0 Å². The Hall–Kier alpha value is -2.83. The number of hydrogen-bond donors (Lipinski definition) is 0. The van der Waals surface area contributed by atoms with Crippen molar-refractivity contribution in [3.05, 3.63) is 77.4 Å². The summed E-state index contributed by atoms with van der Waals surface area (Å²) in [5.74, 6) is 0.0788. The van der Waals surface area contributed by atoms with Crippen LogP contribution in [0.2, 0.25) is 0 Å². The highest BCUT2D eigenvalue weighted by atomic mass is 19.4. The standard InChI is InChI=1S/C18H14F4N2O/c1-25-16-7-4-13(10-12-2-5-14(19)6-3-12)11-15(16)24-9-8-17(23-24)18(20,21)22/h2-9,11H,10H2,1H3. The van der Waals surface area contributed by atoms with Crippen LogP contribution in [-0.4, -0.2) is 16.9 Å². The van der Waals surface area contributed by atoms with Gasteiger partial charge in [0.15, 0.2) is 5.69 Å². The van der Waals surface area contributed by atoms with Crippen molar-refractivity contribution in [2.45, 2.75) is 12.6 Å². The quantitative estimate of drug-likeness (QED) is 0.642. The molecular formula is C18H14F4N2O. The zero-order valence-electron chi connectivity index (χ0n) is 13.2. The summed E-state index contributed by atoms with van der Waals surface area (Å²) in [5, 5.41) is 3.58. The van der Waals surface area contributed by atoms with Gasteiger partial charge in [-0.2, -0.15) is 18.3 Å². The van der Waals surface area contributed by atoms with Gasteiger partial charge >= 0.3 is 6.18 Å². The van der Waals surface area contributed by atoms with Gasteiger partial charge in [0.2, 0.25) is 0 Å². The minimum Gasteiger partial charge on any atom is -0.494 e. The van der Waals surface area contributed by atoms with E-state index in [1.807, 2.05) is 0 Å². The monoisotopic (exact) mass is 350 g/mol. The van der Waals surface area contributed by atoms with Crippen molar-refractivity contribution < 1.29 is 22.3 Å². The van der Waals surface area contributed by atoms with Crippen molar-refractivity contribution in [3.8, 4) is 11.4 Å². The fourth-order valence-corrected chi connectivity index (χ4v) is 2.47. The zero-order chi connectivity index (χ0) is 18.0. The van der Waals surface area contributed by atoms with E-state index in [-0.39, 0.29) is 5.82 Å². The maximum absolute atomic E-state index is 13.0. The Labute approximate surface area is 141 Å². The Kier molecular flexibility index (Phi) is 4.48. The first-order chi connectivity index (χ1) is 11.9. The molecule has 0 saturated carbocycles. The first kappa shape index (κ1) is 17.0. The molecule has 1 heterocycles. The molecule has 3 rings (SSSR count). The molecule has 7 heteroatoms. The fraction of sp³-hybridized carbons (Fsp3) is 0.167. The Morgan fingerprint density at radius 1 is 1.00 bits per heavy atom. The van der Waals surface area contributed by atoms with E-state index in [9.17, 15) is 17.6 Å². The predicted molar refractivity (Wildman–Crippen MR) is 84.3 cm³/mol. The van der Waals surface area contributed by atoms with Crippen LogP contribution in [0.4, 0.5) is 17.6 Å². The lowest BCUT2D eigenvalue weighted by atomic mass is 10.0. The van der Waals surface area contributed by atoms with Gasteiger partial charge in [-0.25, -0.2) is 9.07 Å². The molecule has 0 bridgehead atoms. The minimum atomic E-state index is -4.51. The Bertz CT molecular complexity index is 870. The van der Waals surface area contributed by atoms with Crippen LogP contribution in [0.15, 0.2) is 54.7 Å². The van der Waals surface area contributed by atoms with Gasteiger partial charge in [0, 0.05) is 6.20 Å².